The van der Waals surface area contributed by atoms with Gasteiger partial charge in [0.2, 0.25) is 0 Å². The third-order valence-corrected chi connectivity index (χ3v) is 4.99. The quantitative estimate of drug-likeness (QED) is 0.488. The maximum absolute atomic E-state index is 11.0. The molecule has 0 saturated heterocycles. The number of carbonyl (C=O) groups is 2. The smallest absolute Gasteiger partial charge is 0.307 e. The molecule has 0 heterocycles. The lowest BCUT2D eigenvalue weighted by Gasteiger charge is -2.21. The molecule has 0 saturated carbocycles. The Bertz CT molecular complexity index is 273. The van der Waals surface area contributed by atoms with E-state index in [1.54, 1.807) is 0 Å². The number of rotatable bonds is 10. The van der Waals surface area contributed by atoms with Crippen LogP contribution in [0.5, 0.6) is 0 Å². The van der Waals surface area contributed by atoms with Gasteiger partial charge < -0.3 is 15.5 Å². The molecule has 0 aliphatic heterocycles. The van der Waals surface area contributed by atoms with Gasteiger partial charge in [0.1, 0.15) is 0 Å². The highest BCUT2D eigenvalue weighted by atomic mass is 79.9. The number of hydrogen-bond donors (Lipinski definition) is 3. The van der Waals surface area contributed by atoms with Gasteiger partial charge in [-0.15, -0.1) is 0 Å². The van der Waals surface area contributed by atoms with Crippen LogP contribution in [0.3, 0.4) is 0 Å². The van der Waals surface area contributed by atoms with Gasteiger partial charge in [-0.05, 0) is 12.8 Å². The first kappa shape index (κ1) is 18.9. The van der Waals surface area contributed by atoms with E-state index in [0.717, 1.165) is 0 Å². The summed E-state index contributed by atoms with van der Waals surface area (Å²) in [5, 5.41) is 21.1. The second-order valence-electron chi connectivity index (χ2n) is 4.40. The molecular formula is C12H21Br2NO4. The van der Waals surface area contributed by atoms with Gasteiger partial charge >= 0.3 is 11.9 Å². The molecule has 4 atom stereocenters. The first-order valence-electron chi connectivity index (χ1n) is 6.29. The fourth-order valence-electron chi connectivity index (χ4n) is 1.81. The highest BCUT2D eigenvalue weighted by Crippen LogP contribution is 2.18. The molecule has 0 rings (SSSR count). The lowest BCUT2D eigenvalue weighted by Crippen LogP contribution is -2.38. The van der Waals surface area contributed by atoms with E-state index in [-0.39, 0.29) is 9.65 Å². The SMILES string of the molecule is CCC(C(=O)O)C(Br)CNCC(Br)C(CC)C(=O)O. The highest BCUT2D eigenvalue weighted by molar-refractivity contribution is 9.09. The van der Waals surface area contributed by atoms with E-state index in [0.29, 0.717) is 25.9 Å². The maximum atomic E-state index is 11.0. The topological polar surface area (TPSA) is 86.6 Å². The molecule has 0 aromatic heterocycles. The van der Waals surface area contributed by atoms with Crippen molar-refractivity contribution in [3.63, 3.8) is 0 Å². The van der Waals surface area contributed by atoms with Crippen molar-refractivity contribution in [3.8, 4) is 0 Å². The second-order valence-corrected chi connectivity index (χ2v) is 6.75. The van der Waals surface area contributed by atoms with Gasteiger partial charge in [0, 0.05) is 22.7 Å². The van der Waals surface area contributed by atoms with Crippen LogP contribution in [0.25, 0.3) is 0 Å². The Morgan fingerprint density at radius 3 is 1.47 bits per heavy atom. The van der Waals surface area contributed by atoms with Gasteiger partial charge in [0.15, 0.2) is 0 Å². The van der Waals surface area contributed by atoms with E-state index in [1.165, 1.54) is 0 Å². The number of alkyl halides is 2. The van der Waals surface area contributed by atoms with Gasteiger partial charge in [-0.2, -0.15) is 0 Å². The Labute approximate surface area is 130 Å². The van der Waals surface area contributed by atoms with Crippen LogP contribution in [0.1, 0.15) is 26.7 Å². The van der Waals surface area contributed by atoms with Crippen molar-refractivity contribution in [2.45, 2.75) is 36.3 Å². The molecule has 4 unspecified atom stereocenters. The van der Waals surface area contributed by atoms with Gasteiger partial charge in [-0.3, -0.25) is 9.59 Å². The normalized spacial score (nSPS) is 17.5. The summed E-state index contributed by atoms with van der Waals surface area (Å²) in [6.45, 7) is 4.64. The zero-order valence-electron chi connectivity index (χ0n) is 11.1. The van der Waals surface area contributed by atoms with Crippen LogP contribution >= 0.6 is 31.9 Å². The van der Waals surface area contributed by atoms with E-state index in [9.17, 15) is 9.59 Å². The number of aliphatic carboxylic acids is 2. The van der Waals surface area contributed by atoms with Crippen LogP contribution in [0.4, 0.5) is 0 Å². The number of hydrogen-bond acceptors (Lipinski definition) is 3. The predicted molar refractivity (Wildman–Crippen MR) is 81.1 cm³/mol. The summed E-state index contributed by atoms with van der Waals surface area (Å²) in [7, 11) is 0. The van der Waals surface area contributed by atoms with Crippen LogP contribution in [-0.4, -0.2) is 44.9 Å². The summed E-state index contributed by atoms with van der Waals surface area (Å²) in [5.74, 6) is -2.53. The molecule has 3 N–H and O–H groups in total. The number of nitrogens with one attached hydrogen (secondary N) is 1. The van der Waals surface area contributed by atoms with Gasteiger partial charge in [0.25, 0.3) is 0 Å². The molecule has 0 radical (unpaired) electrons. The first-order valence-corrected chi connectivity index (χ1v) is 8.12. The molecular weight excluding hydrogens is 382 g/mol. The molecule has 0 aromatic rings. The average Bonchev–Trinajstić information content (AvgIpc) is 2.29. The van der Waals surface area contributed by atoms with Crippen molar-refractivity contribution in [3.05, 3.63) is 0 Å². The van der Waals surface area contributed by atoms with Crippen LogP contribution in [0.15, 0.2) is 0 Å². The monoisotopic (exact) mass is 401 g/mol. The summed E-state index contributed by atoms with van der Waals surface area (Å²) in [6.07, 6.45) is 1.11. The van der Waals surface area contributed by atoms with E-state index < -0.39 is 23.8 Å². The second kappa shape index (κ2) is 9.72. The van der Waals surface area contributed by atoms with Crippen molar-refractivity contribution in [1.82, 2.24) is 5.32 Å². The van der Waals surface area contributed by atoms with E-state index in [4.69, 9.17) is 10.2 Å². The zero-order valence-corrected chi connectivity index (χ0v) is 14.3. The fraction of sp³-hybridized carbons (Fsp3) is 0.833. The fourth-order valence-corrected chi connectivity index (χ4v) is 3.47. The Balaban J connectivity index is 4.14. The van der Waals surface area contributed by atoms with Crippen LogP contribution in [-0.2, 0) is 9.59 Å². The number of halogens is 2. The Hall–Kier alpha value is -0.140. The third-order valence-electron chi connectivity index (χ3n) is 3.07. The minimum atomic E-state index is -0.821. The molecule has 7 heteroatoms. The van der Waals surface area contributed by atoms with Crippen molar-refractivity contribution < 1.29 is 19.8 Å². The Kier molecular flexibility index (Phi) is 9.64. The minimum Gasteiger partial charge on any atom is -0.481 e. The predicted octanol–water partition coefficient (Wildman–Crippen LogP) is 2.32. The summed E-state index contributed by atoms with van der Waals surface area (Å²) in [6, 6.07) is 0. The van der Waals surface area contributed by atoms with Crippen LogP contribution in [0.2, 0.25) is 0 Å². The average molecular weight is 403 g/mol. The molecule has 0 aliphatic rings. The van der Waals surface area contributed by atoms with Crippen molar-refractivity contribution in [2.75, 3.05) is 13.1 Å². The lowest BCUT2D eigenvalue weighted by molar-refractivity contribution is -0.142. The molecule has 0 fully saturated rings. The van der Waals surface area contributed by atoms with Crippen LogP contribution < -0.4 is 5.32 Å². The Morgan fingerprint density at radius 1 is 0.947 bits per heavy atom. The van der Waals surface area contributed by atoms with Gasteiger partial charge in [0.05, 0.1) is 11.8 Å². The molecule has 5 nitrogen and oxygen atoms in total. The molecule has 19 heavy (non-hydrogen) atoms. The van der Waals surface area contributed by atoms with Crippen molar-refractivity contribution >= 4 is 43.8 Å². The minimum absolute atomic E-state index is 0.167. The van der Waals surface area contributed by atoms with E-state index in [1.807, 2.05) is 13.8 Å². The largest absolute Gasteiger partial charge is 0.481 e. The zero-order chi connectivity index (χ0) is 15.0. The summed E-state index contributed by atoms with van der Waals surface area (Å²) in [4.78, 5) is 21.6. The van der Waals surface area contributed by atoms with Crippen molar-refractivity contribution in [1.29, 1.82) is 0 Å². The van der Waals surface area contributed by atoms with E-state index >= 15 is 0 Å². The highest BCUT2D eigenvalue weighted by Gasteiger charge is 2.26. The lowest BCUT2D eigenvalue weighted by atomic mass is 10.0. The molecule has 0 bridgehead atoms. The molecule has 0 aliphatic carbocycles. The molecule has 112 valence electrons. The van der Waals surface area contributed by atoms with Gasteiger partial charge in [-0.1, -0.05) is 45.7 Å². The number of carboxylic acids is 2. The van der Waals surface area contributed by atoms with Crippen LogP contribution in [0, 0.1) is 11.8 Å². The summed E-state index contributed by atoms with van der Waals surface area (Å²) >= 11 is 6.73. The standard InChI is InChI=1S/C12H21Br2NO4/c1-3-7(11(16)17)9(13)5-15-6-10(14)8(4-2)12(18)19/h7-10,15H,3-6H2,1-2H3,(H,16,17)(H,18,19). The molecule has 0 amide bonds. The molecule has 0 spiro atoms. The summed E-state index contributed by atoms with van der Waals surface area (Å²) < 4.78 is 0. The third kappa shape index (κ3) is 6.72. The first-order chi connectivity index (χ1) is 8.84. The Morgan fingerprint density at radius 2 is 1.26 bits per heavy atom. The molecule has 0 aromatic carbocycles. The summed E-state index contributed by atoms with van der Waals surface area (Å²) in [5.41, 5.74) is 0. The van der Waals surface area contributed by atoms with Crippen molar-refractivity contribution in [2.24, 2.45) is 11.8 Å². The van der Waals surface area contributed by atoms with Gasteiger partial charge in [-0.25, -0.2) is 0 Å². The van der Waals surface area contributed by atoms with E-state index in [2.05, 4.69) is 37.2 Å². The number of carboxylic acid groups (broad SMARTS) is 2. The maximum Gasteiger partial charge on any atom is 0.307 e.